The molecule has 0 bridgehead atoms. The Morgan fingerprint density at radius 2 is 1.84 bits per heavy atom. The number of amides is 2. The molecule has 0 atom stereocenters. The van der Waals surface area contributed by atoms with Crippen LogP contribution in [0.15, 0.2) is 42.5 Å². The molecule has 0 aliphatic carbocycles. The zero-order valence-electron chi connectivity index (χ0n) is 13.8. The Hall–Kier alpha value is -3.53. The maximum Gasteiger partial charge on any atom is 0.251 e. The van der Waals surface area contributed by atoms with Crippen LogP contribution in [-0.2, 0) is 4.79 Å². The van der Waals surface area contributed by atoms with Gasteiger partial charge in [0.1, 0.15) is 0 Å². The highest BCUT2D eigenvalue weighted by molar-refractivity contribution is 5.99. The lowest BCUT2D eigenvalue weighted by Crippen LogP contribution is -2.32. The molecule has 2 aromatic rings. The number of carbonyl (C=O) groups excluding carboxylic acids is 2. The van der Waals surface area contributed by atoms with Crippen molar-refractivity contribution in [1.29, 1.82) is 5.26 Å². The molecule has 0 aliphatic heterocycles. The molecule has 0 spiro atoms. The standard InChI is InChI=1S/C18H17N3O4/c1-24-15-7-6-13(9-16(15)25-2)18(23)20-11-17(22)21-14-5-3-4-12(8-14)10-19/h3-9H,11H2,1-2H3,(H,20,23)(H,21,22). The number of hydrogen-bond donors (Lipinski definition) is 2. The number of carbonyl (C=O) groups is 2. The molecule has 0 unspecified atom stereocenters. The van der Waals surface area contributed by atoms with E-state index in [1.165, 1.54) is 20.3 Å². The molecule has 25 heavy (non-hydrogen) atoms. The topological polar surface area (TPSA) is 100 Å². The summed E-state index contributed by atoms with van der Waals surface area (Å²) in [6.07, 6.45) is 0. The van der Waals surface area contributed by atoms with Gasteiger partial charge in [0.2, 0.25) is 5.91 Å². The number of nitriles is 1. The average Bonchev–Trinajstić information content (AvgIpc) is 2.65. The number of hydrogen-bond acceptors (Lipinski definition) is 5. The van der Waals surface area contributed by atoms with Crippen LogP contribution in [0.3, 0.4) is 0 Å². The molecule has 2 aromatic carbocycles. The highest BCUT2D eigenvalue weighted by Gasteiger charge is 2.12. The lowest BCUT2D eigenvalue weighted by molar-refractivity contribution is -0.115. The van der Waals surface area contributed by atoms with Crippen LogP contribution >= 0.6 is 0 Å². The highest BCUT2D eigenvalue weighted by atomic mass is 16.5. The molecule has 0 saturated heterocycles. The summed E-state index contributed by atoms with van der Waals surface area (Å²) in [6.45, 7) is -0.204. The van der Waals surface area contributed by atoms with E-state index in [-0.39, 0.29) is 6.54 Å². The molecular weight excluding hydrogens is 322 g/mol. The van der Waals surface area contributed by atoms with E-state index in [0.29, 0.717) is 28.3 Å². The lowest BCUT2D eigenvalue weighted by Gasteiger charge is -2.10. The molecule has 0 aliphatic rings. The summed E-state index contributed by atoms with van der Waals surface area (Å²) in [5, 5.41) is 14.0. The van der Waals surface area contributed by atoms with Gasteiger partial charge in [0.15, 0.2) is 11.5 Å². The quantitative estimate of drug-likeness (QED) is 0.838. The van der Waals surface area contributed by atoms with Crippen LogP contribution in [0.25, 0.3) is 0 Å². The largest absolute Gasteiger partial charge is 0.493 e. The van der Waals surface area contributed by atoms with Gasteiger partial charge in [-0.05, 0) is 36.4 Å². The summed E-state index contributed by atoms with van der Waals surface area (Å²) >= 11 is 0. The Kier molecular flexibility index (Phi) is 5.96. The van der Waals surface area contributed by atoms with Crippen molar-refractivity contribution in [2.75, 3.05) is 26.1 Å². The summed E-state index contributed by atoms with van der Waals surface area (Å²) < 4.78 is 10.3. The second-order valence-electron chi connectivity index (χ2n) is 4.99. The Balaban J connectivity index is 1.95. The van der Waals surface area contributed by atoms with Crippen LogP contribution in [0.4, 0.5) is 5.69 Å². The molecule has 0 fully saturated rings. The van der Waals surface area contributed by atoms with E-state index in [9.17, 15) is 9.59 Å². The van der Waals surface area contributed by atoms with Crippen molar-refractivity contribution >= 4 is 17.5 Å². The Labute approximate surface area is 145 Å². The number of methoxy groups -OCH3 is 2. The van der Waals surface area contributed by atoms with Crippen LogP contribution < -0.4 is 20.1 Å². The number of anilines is 1. The van der Waals surface area contributed by atoms with E-state index in [1.807, 2.05) is 6.07 Å². The number of rotatable bonds is 6. The minimum absolute atomic E-state index is 0.204. The molecule has 0 saturated carbocycles. The fraction of sp³-hybridized carbons (Fsp3) is 0.167. The minimum Gasteiger partial charge on any atom is -0.493 e. The van der Waals surface area contributed by atoms with Crippen LogP contribution in [-0.4, -0.2) is 32.6 Å². The highest BCUT2D eigenvalue weighted by Crippen LogP contribution is 2.27. The first kappa shape index (κ1) is 17.8. The monoisotopic (exact) mass is 339 g/mol. The first-order chi connectivity index (χ1) is 12.1. The average molecular weight is 339 g/mol. The smallest absolute Gasteiger partial charge is 0.251 e. The van der Waals surface area contributed by atoms with E-state index in [1.54, 1.807) is 36.4 Å². The molecule has 0 heterocycles. The summed E-state index contributed by atoms with van der Waals surface area (Å²) in [6, 6.07) is 13.2. The normalized spacial score (nSPS) is 9.64. The maximum atomic E-state index is 12.1. The second-order valence-corrected chi connectivity index (χ2v) is 4.99. The summed E-state index contributed by atoms with van der Waals surface area (Å²) in [5.41, 5.74) is 1.27. The van der Waals surface area contributed by atoms with Crippen LogP contribution in [0.1, 0.15) is 15.9 Å². The van der Waals surface area contributed by atoms with Gasteiger partial charge in [0, 0.05) is 11.3 Å². The maximum absolute atomic E-state index is 12.1. The molecule has 0 aromatic heterocycles. The lowest BCUT2D eigenvalue weighted by atomic mass is 10.2. The van der Waals surface area contributed by atoms with Crippen molar-refractivity contribution in [1.82, 2.24) is 5.32 Å². The molecule has 7 nitrogen and oxygen atoms in total. The fourth-order valence-corrected chi connectivity index (χ4v) is 2.11. The fourth-order valence-electron chi connectivity index (χ4n) is 2.11. The molecular formula is C18H17N3O4. The predicted molar refractivity (Wildman–Crippen MR) is 91.7 cm³/mol. The zero-order valence-corrected chi connectivity index (χ0v) is 13.8. The van der Waals surface area contributed by atoms with E-state index >= 15 is 0 Å². The van der Waals surface area contributed by atoms with Crippen molar-refractivity contribution in [3.05, 3.63) is 53.6 Å². The van der Waals surface area contributed by atoms with E-state index in [4.69, 9.17) is 14.7 Å². The molecule has 2 N–H and O–H groups in total. The van der Waals surface area contributed by atoms with Gasteiger partial charge in [-0.15, -0.1) is 0 Å². The number of benzene rings is 2. The van der Waals surface area contributed by atoms with Crippen molar-refractivity contribution < 1.29 is 19.1 Å². The summed E-state index contributed by atoms with van der Waals surface area (Å²) in [7, 11) is 2.98. The van der Waals surface area contributed by atoms with E-state index in [2.05, 4.69) is 10.6 Å². The number of nitrogens with one attached hydrogen (secondary N) is 2. The van der Waals surface area contributed by atoms with Gasteiger partial charge in [-0.2, -0.15) is 5.26 Å². The Bertz CT molecular complexity index is 827. The molecule has 7 heteroatoms. The van der Waals surface area contributed by atoms with Gasteiger partial charge in [-0.3, -0.25) is 9.59 Å². The summed E-state index contributed by atoms with van der Waals surface area (Å²) in [4.78, 5) is 24.1. The third-order valence-electron chi connectivity index (χ3n) is 3.33. The zero-order chi connectivity index (χ0) is 18.2. The number of nitrogens with zero attached hydrogens (tertiary/aromatic N) is 1. The molecule has 128 valence electrons. The van der Waals surface area contributed by atoms with Gasteiger partial charge in [-0.25, -0.2) is 0 Å². The summed E-state index contributed by atoms with van der Waals surface area (Å²) in [5.74, 6) is 0.118. The van der Waals surface area contributed by atoms with Gasteiger partial charge < -0.3 is 20.1 Å². The first-order valence-electron chi connectivity index (χ1n) is 7.37. The van der Waals surface area contributed by atoms with Gasteiger partial charge >= 0.3 is 0 Å². The van der Waals surface area contributed by atoms with Crippen LogP contribution in [0.2, 0.25) is 0 Å². The van der Waals surface area contributed by atoms with Crippen LogP contribution in [0.5, 0.6) is 11.5 Å². The van der Waals surface area contributed by atoms with Gasteiger partial charge in [0.05, 0.1) is 32.4 Å². The van der Waals surface area contributed by atoms with Gasteiger partial charge in [0.25, 0.3) is 5.91 Å². The van der Waals surface area contributed by atoms with Crippen molar-refractivity contribution in [3.8, 4) is 17.6 Å². The number of ether oxygens (including phenoxy) is 2. The SMILES string of the molecule is COc1ccc(C(=O)NCC(=O)Nc2cccc(C#N)c2)cc1OC. The third-order valence-corrected chi connectivity index (χ3v) is 3.33. The van der Waals surface area contributed by atoms with Crippen molar-refractivity contribution in [2.45, 2.75) is 0 Å². The Morgan fingerprint density at radius 3 is 2.52 bits per heavy atom. The molecule has 2 rings (SSSR count). The molecule has 0 radical (unpaired) electrons. The predicted octanol–water partition coefficient (Wildman–Crippen LogP) is 1.94. The van der Waals surface area contributed by atoms with E-state index < -0.39 is 11.8 Å². The van der Waals surface area contributed by atoms with Gasteiger partial charge in [-0.1, -0.05) is 6.07 Å². The van der Waals surface area contributed by atoms with Crippen LogP contribution in [0, 0.1) is 11.3 Å². The van der Waals surface area contributed by atoms with E-state index in [0.717, 1.165) is 0 Å². The first-order valence-corrected chi connectivity index (χ1v) is 7.37. The molecule has 2 amide bonds. The Morgan fingerprint density at radius 1 is 1.08 bits per heavy atom. The van der Waals surface area contributed by atoms with Crippen molar-refractivity contribution in [2.24, 2.45) is 0 Å². The third kappa shape index (κ3) is 4.72. The van der Waals surface area contributed by atoms with Crippen molar-refractivity contribution in [3.63, 3.8) is 0 Å². The minimum atomic E-state index is -0.415. The second kappa shape index (κ2) is 8.36.